The number of nitrogens with one attached hydrogen (secondary N) is 1. The first-order chi connectivity index (χ1) is 10.6. The number of ether oxygens (including phenoxy) is 2. The minimum Gasteiger partial charge on any atom is -0.491 e. The second-order valence-corrected chi connectivity index (χ2v) is 6.27. The number of benzene rings is 1. The van der Waals surface area contributed by atoms with Gasteiger partial charge in [-0.2, -0.15) is 0 Å². The molecule has 0 radical (unpaired) electrons. The third-order valence-electron chi connectivity index (χ3n) is 4.15. The van der Waals surface area contributed by atoms with Gasteiger partial charge < -0.3 is 14.8 Å². The highest BCUT2D eigenvalue weighted by Crippen LogP contribution is 2.23. The molecular formula is C18H27NO3. The fourth-order valence-electron chi connectivity index (χ4n) is 2.74. The quantitative estimate of drug-likeness (QED) is 0.878. The van der Waals surface area contributed by atoms with Crippen LogP contribution in [0.15, 0.2) is 24.3 Å². The highest BCUT2D eigenvalue weighted by molar-refractivity contribution is 5.78. The van der Waals surface area contributed by atoms with Crippen LogP contribution in [-0.4, -0.2) is 25.2 Å². The van der Waals surface area contributed by atoms with E-state index in [2.05, 4.69) is 5.32 Å². The predicted molar refractivity (Wildman–Crippen MR) is 86.8 cm³/mol. The van der Waals surface area contributed by atoms with E-state index in [1.807, 2.05) is 45.0 Å². The maximum absolute atomic E-state index is 12.3. The average Bonchev–Trinajstić information content (AvgIpc) is 2.53. The molecule has 1 unspecified atom stereocenters. The molecule has 0 saturated carbocycles. The van der Waals surface area contributed by atoms with Gasteiger partial charge in [0.15, 0.2) is 0 Å². The zero-order chi connectivity index (χ0) is 15.9. The molecular weight excluding hydrogens is 278 g/mol. The van der Waals surface area contributed by atoms with Crippen LogP contribution in [0.25, 0.3) is 0 Å². The van der Waals surface area contributed by atoms with Crippen molar-refractivity contribution in [3.05, 3.63) is 29.8 Å². The highest BCUT2D eigenvalue weighted by Gasteiger charge is 2.25. The first-order valence-corrected chi connectivity index (χ1v) is 8.17. The molecule has 1 N–H and O–H groups in total. The van der Waals surface area contributed by atoms with Crippen LogP contribution in [0.2, 0.25) is 0 Å². The summed E-state index contributed by atoms with van der Waals surface area (Å²) in [5, 5.41) is 3.04. The molecule has 0 aliphatic carbocycles. The van der Waals surface area contributed by atoms with Crippen molar-refractivity contribution in [1.82, 2.24) is 5.32 Å². The van der Waals surface area contributed by atoms with Gasteiger partial charge >= 0.3 is 0 Å². The molecule has 0 aromatic heterocycles. The lowest BCUT2D eigenvalue weighted by molar-refractivity contribution is -0.127. The van der Waals surface area contributed by atoms with E-state index in [0.29, 0.717) is 12.5 Å². The molecule has 4 heteroatoms. The van der Waals surface area contributed by atoms with E-state index in [-0.39, 0.29) is 17.9 Å². The van der Waals surface area contributed by atoms with Gasteiger partial charge in [0, 0.05) is 25.7 Å². The maximum Gasteiger partial charge on any atom is 0.223 e. The van der Waals surface area contributed by atoms with E-state index >= 15 is 0 Å². The monoisotopic (exact) mass is 305 g/mol. The van der Waals surface area contributed by atoms with Crippen LogP contribution >= 0.6 is 0 Å². The van der Waals surface area contributed by atoms with Crippen LogP contribution in [0.3, 0.4) is 0 Å². The van der Waals surface area contributed by atoms with Gasteiger partial charge in [-0.1, -0.05) is 19.1 Å². The fraction of sp³-hybridized carbons (Fsp3) is 0.611. The normalized spacial score (nSPS) is 17.3. The predicted octanol–water partition coefficient (Wildman–Crippen LogP) is 3.15. The summed E-state index contributed by atoms with van der Waals surface area (Å²) < 4.78 is 11.0. The third kappa shape index (κ3) is 5.02. The SMILES string of the molecule is CC(C)Oc1ccc(CNC(=O)C(C)C2CCOCC2)cc1. The van der Waals surface area contributed by atoms with Crippen LogP contribution in [-0.2, 0) is 16.1 Å². The topological polar surface area (TPSA) is 47.6 Å². The van der Waals surface area contributed by atoms with Crippen molar-refractivity contribution in [2.45, 2.75) is 46.3 Å². The summed E-state index contributed by atoms with van der Waals surface area (Å²) in [7, 11) is 0. The van der Waals surface area contributed by atoms with Crippen molar-refractivity contribution in [1.29, 1.82) is 0 Å². The van der Waals surface area contributed by atoms with Crippen molar-refractivity contribution in [3.8, 4) is 5.75 Å². The molecule has 1 heterocycles. The first kappa shape index (κ1) is 16.8. The molecule has 1 fully saturated rings. The van der Waals surface area contributed by atoms with Crippen molar-refractivity contribution >= 4 is 5.91 Å². The molecule has 122 valence electrons. The van der Waals surface area contributed by atoms with E-state index in [9.17, 15) is 4.79 Å². The lowest BCUT2D eigenvalue weighted by Crippen LogP contribution is -2.35. The van der Waals surface area contributed by atoms with E-state index in [4.69, 9.17) is 9.47 Å². The molecule has 4 nitrogen and oxygen atoms in total. The van der Waals surface area contributed by atoms with Crippen LogP contribution in [0.1, 0.15) is 39.2 Å². The Bertz CT molecular complexity index is 464. The lowest BCUT2D eigenvalue weighted by Gasteiger charge is -2.27. The minimum atomic E-state index is 0.0486. The second kappa shape index (κ2) is 8.18. The van der Waals surface area contributed by atoms with Gasteiger partial charge in [0.05, 0.1) is 6.10 Å². The molecule has 1 atom stereocenters. The molecule has 1 aromatic carbocycles. The van der Waals surface area contributed by atoms with Crippen LogP contribution in [0, 0.1) is 11.8 Å². The van der Waals surface area contributed by atoms with Gasteiger partial charge in [0.25, 0.3) is 0 Å². The fourth-order valence-corrected chi connectivity index (χ4v) is 2.74. The van der Waals surface area contributed by atoms with Gasteiger partial charge in [-0.25, -0.2) is 0 Å². The summed E-state index contributed by atoms with van der Waals surface area (Å²) in [4.78, 5) is 12.3. The first-order valence-electron chi connectivity index (χ1n) is 8.17. The summed E-state index contributed by atoms with van der Waals surface area (Å²) in [6.07, 6.45) is 2.14. The third-order valence-corrected chi connectivity index (χ3v) is 4.15. The molecule has 1 amide bonds. The van der Waals surface area contributed by atoms with Gasteiger partial charge in [-0.05, 0) is 50.3 Å². The summed E-state index contributed by atoms with van der Waals surface area (Å²) >= 11 is 0. The van der Waals surface area contributed by atoms with Crippen molar-refractivity contribution < 1.29 is 14.3 Å². The van der Waals surface area contributed by atoms with Crippen LogP contribution < -0.4 is 10.1 Å². The van der Waals surface area contributed by atoms with Crippen molar-refractivity contribution in [2.75, 3.05) is 13.2 Å². The molecule has 2 rings (SSSR count). The Morgan fingerprint density at radius 3 is 2.45 bits per heavy atom. The molecule has 22 heavy (non-hydrogen) atoms. The Morgan fingerprint density at radius 2 is 1.86 bits per heavy atom. The van der Waals surface area contributed by atoms with E-state index < -0.39 is 0 Å². The summed E-state index contributed by atoms with van der Waals surface area (Å²) in [6.45, 7) is 8.15. The Kier molecular flexibility index (Phi) is 6.25. The number of amides is 1. The zero-order valence-electron chi connectivity index (χ0n) is 13.8. The minimum absolute atomic E-state index is 0.0486. The molecule has 1 aliphatic rings. The summed E-state index contributed by atoms with van der Waals surface area (Å²) in [5.74, 6) is 1.48. The Hall–Kier alpha value is -1.55. The standard InChI is InChI=1S/C18H27NO3/c1-13(2)22-17-6-4-15(5-7-17)12-19-18(20)14(3)16-8-10-21-11-9-16/h4-7,13-14,16H,8-12H2,1-3H3,(H,19,20). The number of hydrogen-bond donors (Lipinski definition) is 1. The largest absolute Gasteiger partial charge is 0.491 e. The Balaban J connectivity index is 1.80. The highest BCUT2D eigenvalue weighted by atomic mass is 16.5. The van der Waals surface area contributed by atoms with Gasteiger partial charge in [0.2, 0.25) is 5.91 Å². The van der Waals surface area contributed by atoms with Crippen molar-refractivity contribution in [3.63, 3.8) is 0 Å². The van der Waals surface area contributed by atoms with Crippen LogP contribution in [0.4, 0.5) is 0 Å². The summed E-state index contributed by atoms with van der Waals surface area (Å²) in [5.41, 5.74) is 1.09. The van der Waals surface area contributed by atoms with E-state index in [0.717, 1.165) is 37.4 Å². The zero-order valence-corrected chi connectivity index (χ0v) is 13.8. The number of carbonyl (C=O) groups is 1. The van der Waals surface area contributed by atoms with E-state index in [1.165, 1.54) is 0 Å². The number of carbonyl (C=O) groups excluding carboxylic acids is 1. The Morgan fingerprint density at radius 1 is 1.23 bits per heavy atom. The molecule has 0 bridgehead atoms. The van der Waals surface area contributed by atoms with Crippen molar-refractivity contribution in [2.24, 2.45) is 11.8 Å². The van der Waals surface area contributed by atoms with Gasteiger partial charge in [0.1, 0.15) is 5.75 Å². The van der Waals surface area contributed by atoms with Gasteiger partial charge in [-0.15, -0.1) is 0 Å². The molecule has 1 aromatic rings. The van der Waals surface area contributed by atoms with Gasteiger partial charge in [-0.3, -0.25) is 4.79 Å². The molecule has 0 spiro atoms. The Labute approximate surface area is 133 Å². The number of rotatable bonds is 6. The second-order valence-electron chi connectivity index (χ2n) is 6.27. The maximum atomic E-state index is 12.3. The van der Waals surface area contributed by atoms with Crippen LogP contribution in [0.5, 0.6) is 5.75 Å². The molecule has 1 saturated heterocycles. The van der Waals surface area contributed by atoms with E-state index in [1.54, 1.807) is 0 Å². The smallest absolute Gasteiger partial charge is 0.223 e. The molecule has 1 aliphatic heterocycles. The number of hydrogen-bond acceptors (Lipinski definition) is 3. The average molecular weight is 305 g/mol. The lowest BCUT2D eigenvalue weighted by atomic mass is 9.87. The summed E-state index contributed by atoms with van der Waals surface area (Å²) in [6, 6.07) is 7.89.